The maximum atomic E-state index is 13.9. The third kappa shape index (κ3) is 2.65. The average Bonchev–Trinajstić information content (AvgIpc) is 2.84. The van der Waals surface area contributed by atoms with Crippen molar-refractivity contribution in [2.75, 3.05) is 11.9 Å². The highest BCUT2D eigenvalue weighted by Crippen LogP contribution is 2.35. The van der Waals surface area contributed by atoms with Crippen LogP contribution in [0.15, 0.2) is 18.2 Å². The van der Waals surface area contributed by atoms with E-state index in [1.165, 1.54) is 10.9 Å². The molecule has 21 heavy (non-hydrogen) atoms. The van der Waals surface area contributed by atoms with Gasteiger partial charge in [0.05, 0.1) is 5.56 Å². The van der Waals surface area contributed by atoms with Crippen molar-refractivity contribution < 1.29 is 4.39 Å². The van der Waals surface area contributed by atoms with Gasteiger partial charge in [-0.25, -0.2) is 4.39 Å². The number of rotatable bonds is 3. The molecule has 0 atom stereocenters. The number of nitriles is 1. The molecule has 0 saturated carbocycles. The van der Waals surface area contributed by atoms with Gasteiger partial charge in [-0.05, 0) is 37.1 Å². The van der Waals surface area contributed by atoms with E-state index in [0.29, 0.717) is 12.1 Å². The number of hydrogen-bond acceptors (Lipinski definition) is 4. The molecule has 0 bridgehead atoms. The minimum absolute atomic E-state index is 0.205. The molecule has 0 fully saturated rings. The van der Waals surface area contributed by atoms with Crippen LogP contribution in [0.1, 0.15) is 27.1 Å². The van der Waals surface area contributed by atoms with E-state index in [-0.39, 0.29) is 5.82 Å². The predicted molar refractivity (Wildman–Crippen MR) is 82.9 cm³/mol. The molecular formula is C16H16FN3S. The SMILES string of the molecule is Cc1cccc(F)c1CNc1sc2c(c1C#N)CCNC2. The third-order valence-corrected chi connectivity index (χ3v) is 5.01. The van der Waals surface area contributed by atoms with Crippen LogP contribution in [0.5, 0.6) is 0 Å². The Hall–Kier alpha value is -1.90. The zero-order chi connectivity index (χ0) is 14.8. The summed E-state index contributed by atoms with van der Waals surface area (Å²) in [6, 6.07) is 7.38. The van der Waals surface area contributed by atoms with Gasteiger partial charge in [0.25, 0.3) is 0 Å². The predicted octanol–water partition coefficient (Wildman–Crippen LogP) is 3.33. The summed E-state index contributed by atoms with van der Waals surface area (Å²) in [4.78, 5) is 1.21. The molecule has 1 aromatic heterocycles. The Morgan fingerprint density at radius 2 is 2.33 bits per heavy atom. The summed E-state index contributed by atoms with van der Waals surface area (Å²) in [5.74, 6) is -0.205. The smallest absolute Gasteiger partial charge is 0.128 e. The van der Waals surface area contributed by atoms with Crippen molar-refractivity contribution in [3.63, 3.8) is 0 Å². The minimum atomic E-state index is -0.205. The molecule has 0 unspecified atom stereocenters. The highest BCUT2D eigenvalue weighted by molar-refractivity contribution is 7.16. The van der Waals surface area contributed by atoms with Crippen LogP contribution in [0.4, 0.5) is 9.39 Å². The topological polar surface area (TPSA) is 47.9 Å². The normalized spacial score (nSPS) is 13.6. The van der Waals surface area contributed by atoms with Gasteiger partial charge in [-0.15, -0.1) is 11.3 Å². The van der Waals surface area contributed by atoms with E-state index in [2.05, 4.69) is 16.7 Å². The van der Waals surface area contributed by atoms with Crippen LogP contribution in [0, 0.1) is 24.1 Å². The van der Waals surface area contributed by atoms with Crippen molar-refractivity contribution in [3.05, 3.63) is 51.1 Å². The number of aryl methyl sites for hydroxylation is 1. The van der Waals surface area contributed by atoms with E-state index in [9.17, 15) is 9.65 Å². The van der Waals surface area contributed by atoms with Gasteiger partial charge in [-0.3, -0.25) is 0 Å². The lowest BCUT2D eigenvalue weighted by molar-refractivity contribution is 0.611. The van der Waals surface area contributed by atoms with E-state index >= 15 is 0 Å². The number of nitrogens with zero attached hydrogens (tertiary/aromatic N) is 1. The Labute approximate surface area is 127 Å². The highest BCUT2D eigenvalue weighted by atomic mass is 32.1. The molecule has 1 aliphatic heterocycles. The van der Waals surface area contributed by atoms with Crippen molar-refractivity contribution in [2.24, 2.45) is 0 Å². The minimum Gasteiger partial charge on any atom is -0.372 e. The summed E-state index contributed by atoms with van der Waals surface area (Å²) in [6.45, 7) is 4.02. The summed E-state index contributed by atoms with van der Waals surface area (Å²) in [6.07, 6.45) is 0.884. The third-order valence-electron chi connectivity index (χ3n) is 3.82. The molecule has 0 amide bonds. The number of thiophene rings is 1. The summed E-state index contributed by atoms with van der Waals surface area (Å²) >= 11 is 1.60. The lowest BCUT2D eigenvalue weighted by atomic mass is 10.0. The van der Waals surface area contributed by atoms with Crippen molar-refractivity contribution >= 4 is 16.3 Å². The fraction of sp³-hybridized carbons (Fsp3) is 0.312. The number of nitrogens with one attached hydrogen (secondary N) is 2. The zero-order valence-electron chi connectivity index (χ0n) is 11.8. The molecule has 2 aromatic rings. The molecule has 1 aromatic carbocycles. The fourth-order valence-corrected chi connectivity index (χ4v) is 3.80. The molecule has 5 heteroatoms. The van der Waals surface area contributed by atoms with E-state index < -0.39 is 0 Å². The summed E-state index contributed by atoms with van der Waals surface area (Å²) in [5.41, 5.74) is 3.45. The number of halogens is 1. The molecule has 2 heterocycles. The standard InChI is InChI=1S/C16H16FN3S/c1-10-3-2-4-14(17)13(10)8-20-16-12(7-18)11-5-6-19-9-15(11)21-16/h2-4,19-20H,5-6,8-9H2,1H3. The lowest BCUT2D eigenvalue weighted by Gasteiger charge is -2.11. The first-order valence-electron chi connectivity index (χ1n) is 6.94. The Morgan fingerprint density at radius 1 is 1.48 bits per heavy atom. The van der Waals surface area contributed by atoms with Gasteiger partial charge in [-0.1, -0.05) is 12.1 Å². The maximum Gasteiger partial charge on any atom is 0.128 e. The number of anilines is 1. The molecule has 1 aliphatic rings. The van der Waals surface area contributed by atoms with Crippen LogP contribution >= 0.6 is 11.3 Å². The molecule has 108 valence electrons. The molecular weight excluding hydrogens is 285 g/mol. The van der Waals surface area contributed by atoms with Crippen molar-refractivity contribution in [1.29, 1.82) is 5.26 Å². The molecule has 0 saturated heterocycles. The molecule has 0 radical (unpaired) electrons. The molecule has 3 rings (SSSR count). The molecule has 3 nitrogen and oxygen atoms in total. The Morgan fingerprint density at radius 3 is 3.10 bits per heavy atom. The van der Waals surface area contributed by atoms with Gasteiger partial charge in [0.15, 0.2) is 0 Å². The summed E-state index contributed by atoms with van der Waals surface area (Å²) in [7, 11) is 0. The van der Waals surface area contributed by atoms with Gasteiger partial charge < -0.3 is 10.6 Å². The quantitative estimate of drug-likeness (QED) is 0.914. The summed E-state index contributed by atoms with van der Waals surface area (Å²) in [5, 5.41) is 16.8. The summed E-state index contributed by atoms with van der Waals surface area (Å²) < 4.78 is 13.9. The average molecular weight is 301 g/mol. The Bertz CT molecular complexity index is 695. The fourth-order valence-electron chi connectivity index (χ4n) is 2.64. The van der Waals surface area contributed by atoms with Crippen molar-refractivity contribution in [1.82, 2.24) is 5.32 Å². The largest absolute Gasteiger partial charge is 0.372 e. The molecule has 2 N–H and O–H groups in total. The first kappa shape index (κ1) is 14.1. The molecule has 0 spiro atoms. The van der Waals surface area contributed by atoms with Gasteiger partial charge in [0, 0.05) is 23.5 Å². The number of benzene rings is 1. The van der Waals surface area contributed by atoms with Crippen molar-refractivity contribution in [3.8, 4) is 6.07 Å². The second kappa shape index (κ2) is 5.84. The van der Waals surface area contributed by atoms with Crippen LogP contribution in [0.2, 0.25) is 0 Å². The Balaban J connectivity index is 1.86. The maximum absolute atomic E-state index is 13.9. The second-order valence-corrected chi connectivity index (χ2v) is 6.24. The number of hydrogen-bond donors (Lipinski definition) is 2. The molecule has 0 aliphatic carbocycles. The number of fused-ring (bicyclic) bond motifs is 1. The van der Waals surface area contributed by atoms with Crippen LogP contribution in [0.3, 0.4) is 0 Å². The first-order valence-corrected chi connectivity index (χ1v) is 7.75. The Kier molecular flexibility index (Phi) is 3.91. The van der Waals surface area contributed by atoms with E-state index in [1.807, 2.05) is 13.0 Å². The van der Waals surface area contributed by atoms with Crippen LogP contribution in [-0.4, -0.2) is 6.54 Å². The van der Waals surface area contributed by atoms with Gasteiger partial charge in [0.1, 0.15) is 16.9 Å². The zero-order valence-corrected chi connectivity index (χ0v) is 12.6. The van der Waals surface area contributed by atoms with E-state index in [1.54, 1.807) is 17.4 Å². The van der Waals surface area contributed by atoms with Gasteiger partial charge in [-0.2, -0.15) is 5.26 Å². The van der Waals surface area contributed by atoms with E-state index in [0.717, 1.165) is 41.2 Å². The van der Waals surface area contributed by atoms with Crippen LogP contribution in [-0.2, 0) is 19.5 Å². The van der Waals surface area contributed by atoms with Gasteiger partial charge in [0.2, 0.25) is 0 Å². The van der Waals surface area contributed by atoms with Crippen molar-refractivity contribution in [2.45, 2.75) is 26.4 Å². The highest BCUT2D eigenvalue weighted by Gasteiger charge is 2.20. The van der Waals surface area contributed by atoms with Crippen LogP contribution < -0.4 is 10.6 Å². The van der Waals surface area contributed by atoms with Crippen LogP contribution in [0.25, 0.3) is 0 Å². The lowest BCUT2D eigenvalue weighted by Crippen LogP contribution is -2.22. The monoisotopic (exact) mass is 301 g/mol. The first-order chi connectivity index (χ1) is 10.2. The van der Waals surface area contributed by atoms with E-state index in [4.69, 9.17) is 0 Å². The second-order valence-electron chi connectivity index (χ2n) is 5.14. The van der Waals surface area contributed by atoms with Gasteiger partial charge >= 0.3 is 0 Å².